The van der Waals surface area contributed by atoms with E-state index in [0.717, 1.165) is 5.57 Å². The fraction of sp³-hybridized carbons (Fsp3) is 0.143. The summed E-state index contributed by atoms with van der Waals surface area (Å²) in [7, 11) is 0. The van der Waals surface area contributed by atoms with E-state index in [1.165, 1.54) is 12.3 Å². The zero-order valence-corrected chi connectivity index (χ0v) is 8.43. The van der Waals surface area contributed by atoms with Gasteiger partial charge in [0.15, 0.2) is 0 Å². The Bertz CT molecular complexity index is 267. The number of hydrazone groups is 1. The van der Waals surface area contributed by atoms with Crippen molar-refractivity contribution in [3.63, 3.8) is 0 Å². The molecule has 0 bridgehead atoms. The van der Waals surface area contributed by atoms with Crippen molar-refractivity contribution < 1.29 is 4.79 Å². The van der Waals surface area contributed by atoms with E-state index in [1.807, 2.05) is 5.43 Å². The number of hydrogen-bond acceptors (Lipinski definition) is 2. The molecular weight excluding hydrogens is 213 g/mol. The summed E-state index contributed by atoms with van der Waals surface area (Å²) in [6.07, 6.45) is 4.55. The lowest BCUT2D eigenvalue weighted by molar-refractivity contribution is 0.249. The predicted octanol–water partition coefficient (Wildman–Crippen LogP) is 1.91. The van der Waals surface area contributed by atoms with Crippen molar-refractivity contribution in [3.05, 3.63) is 22.2 Å². The summed E-state index contributed by atoms with van der Waals surface area (Å²) in [5.74, 6) is 0. The van der Waals surface area contributed by atoms with E-state index in [0.29, 0.717) is 0 Å². The molecule has 0 atom stereocenters. The number of nitrogens with two attached hydrogens (primary N) is 1. The van der Waals surface area contributed by atoms with Crippen LogP contribution in [0.15, 0.2) is 27.3 Å². The average molecular weight is 222 g/mol. The van der Waals surface area contributed by atoms with Crippen LogP contribution in [0.25, 0.3) is 0 Å². The second-order valence-corrected chi connectivity index (χ2v) is 3.11. The molecule has 6 heteroatoms. The van der Waals surface area contributed by atoms with Gasteiger partial charge in [0.2, 0.25) is 0 Å². The first-order chi connectivity index (χ1) is 6.02. The first-order valence-electron chi connectivity index (χ1n) is 3.30. The van der Waals surface area contributed by atoms with Gasteiger partial charge >= 0.3 is 6.03 Å². The van der Waals surface area contributed by atoms with Crippen molar-refractivity contribution in [3.8, 4) is 0 Å². The molecule has 0 spiro atoms. The van der Waals surface area contributed by atoms with E-state index >= 15 is 0 Å². The van der Waals surface area contributed by atoms with Gasteiger partial charge in [-0.05, 0) is 18.6 Å². The first-order valence-corrected chi connectivity index (χ1v) is 4.06. The smallest absolute Gasteiger partial charge is 0.332 e. The van der Waals surface area contributed by atoms with Crippen molar-refractivity contribution >= 4 is 35.4 Å². The van der Waals surface area contributed by atoms with Crippen molar-refractivity contribution in [2.45, 2.75) is 6.92 Å². The van der Waals surface area contributed by atoms with E-state index in [9.17, 15) is 4.79 Å². The lowest BCUT2D eigenvalue weighted by Gasteiger charge is -1.90. The molecule has 0 saturated carbocycles. The first kappa shape index (κ1) is 12.0. The molecule has 0 rings (SSSR count). The zero-order chi connectivity index (χ0) is 10.3. The summed E-state index contributed by atoms with van der Waals surface area (Å²) in [6, 6.07) is -0.713. The van der Waals surface area contributed by atoms with Crippen molar-refractivity contribution in [2.24, 2.45) is 10.8 Å². The molecular formula is C7H9Cl2N3O. The number of amides is 2. The van der Waals surface area contributed by atoms with Crippen LogP contribution in [0.2, 0.25) is 0 Å². The fourth-order valence-corrected chi connectivity index (χ4v) is 0.561. The SMILES string of the molecule is CC(C=NNC(N)=O)=CC=C(Cl)Cl. The van der Waals surface area contributed by atoms with Crippen LogP contribution in [0, 0.1) is 0 Å². The molecule has 0 aromatic carbocycles. The molecule has 4 nitrogen and oxygen atoms in total. The number of nitrogens with one attached hydrogen (secondary N) is 1. The van der Waals surface area contributed by atoms with E-state index in [4.69, 9.17) is 28.9 Å². The normalized spacial score (nSPS) is 11.5. The molecule has 0 aromatic rings. The van der Waals surface area contributed by atoms with E-state index < -0.39 is 6.03 Å². The maximum Gasteiger partial charge on any atom is 0.332 e. The van der Waals surface area contributed by atoms with Gasteiger partial charge in [0.05, 0.1) is 6.21 Å². The Balaban J connectivity index is 4.06. The molecule has 2 amide bonds. The van der Waals surface area contributed by atoms with Gasteiger partial charge in [-0.1, -0.05) is 29.3 Å². The lowest BCUT2D eigenvalue weighted by atomic mass is 10.3. The molecule has 72 valence electrons. The Hall–Kier alpha value is -1.000. The lowest BCUT2D eigenvalue weighted by Crippen LogP contribution is -2.24. The van der Waals surface area contributed by atoms with Crippen LogP contribution in [0.3, 0.4) is 0 Å². The topological polar surface area (TPSA) is 67.5 Å². The Labute approximate surface area is 86.1 Å². The average Bonchev–Trinajstić information content (AvgIpc) is 2.00. The summed E-state index contributed by atoms with van der Waals surface area (Å²) in [4.78, 5) is 10.2. The number of carbonyl (C=O) groups excluding carboxylic acids is 1. The zero-order valence-electron chi connectivity index (χ0n) is 6.92. The number of primary amides is 1. The third-order valence-corrected chi connectivity index (χ3v) is 1.17. The Kier molecular flexibility index (Phi) is 6.01. The highest BCUT2D eigenvalue weighted by Crippen LogP contribution is 2.06. The standard InChI is InChI=1S/C7H9Cl2N3O/c1-5(2-3-6(8)9)4-11-12-7(10)13/h2-4H,1H3,(H3,10,12,13). The summed E-state index contributed by atoms with van der Waals surface area (Å²) in [5, 5.41) is 3.52. The largest absolute Gasteiger partial charge is 0.350 e. The minimum atomic E-state index is -0.713. The van der Waals surface area contributed by atoms with Gasteiger partial charge in [-0.15, -0.1) is 0 Å². The molecule has 0 aliphatic heterocycles. The van der Waals surface area contributed by atoms with Crippen LogP contribution in [-0.4, -0.2) is 12.2 Å². The Morgan fingerprint density at radius 1 is 1.46 bits per heavy atom. The molecule has 13 heavy (non-hydrogen) atoms. The number of urea groups is 1. The van der Waals surface area contributed by atoms with Gasteiger partial charge in [0.1, 0.15) is 4.49 Å². The van der Waals surface area contributed by atoms with E-state index in [1.54, 1.807) is 13.0 Å². The minimum absolute atomic E-state index is 0.149. The molecule has 0 radical (unpaired) electrons. The van der Waals surface area contributed by atoms with Crippen LogP contribution >= 0.6 is 23.2 Å². The third-order valence-electron chi connectivity index (χ3n) is 0.915. The maximum absolute atomic E-state index is 10.2. The number of rotatable bonds is 3. The molecule has 0 unspecified atom stereocenters. The van der Waals surface area contributed by atoms with Gasteiger partial charge < -0.3 is 5.73 Å². The third kappa shape index (κ3) is 8.91. The van der Waals surface area contributed by atoms with Crippen molar-refractivity contribution in [1.82, 2.24) is 5.43 Å². The van der Waals surface area contributed by atoms with Crippen molar-refractivity contribution in [2.75, 3.05) is 0 Å². The van der Waals surface area contributed by atoms with Gasteiger partial charge in [0.25, 0.3) is 0 Å². The van der Waals surface area contributed by atoms with E-state index in [2.05, 4.69) is 5.10 Å². The maximum atomic E-state index is 10.2. The fourth-order valence-electron chi connectivity index (χ4n) is 0.435. The molecule has 0 aliphatic rings. The number of allylic oxidation sites excluding steroid dienone is 3. The minimum Gasteiger partial charge on any atom is -0.350 e. The van der Waals surface area contributed by atoms with Gasteiger partial charge in [-0.2, -0.15) is 5.10 Å². The molecule has 0 aliphatic carbocycles. The highest BCUT2D eigenvalue weighted by molar-refractivity contribution is 6.56. The number of hydrogen-bond donors (Lipinski definition) is 2. The van der Waals surface area contributed by atoms with Crippen LogP contribution in [0.4, 0.5) is 4.79 Å². The monoisotopic (exact) mass is 221 g/mol. The van der Waals surface area contributed by atoms with Crippen molar-refractivity contribution in [1.29, 1.82) is 0 Å². The van der Waals surface area contributed by atoms with E-state index in [-0.39, 0.29) is 4.49 Å². The molecule has 0 fully saturated rings. The predicted molar refractivity (Wildman–Crippen MR) is 54.8 cm³/mol. The molecule has 0 saturated heterocycles. The summed E-state index contributed by atoms with van der Waals surface area (Å²) in [5.41, 5.74) is 7.58. The molecule has 3 N–H and O–H groups in total. The highest BCUT2D eigenvalue weighted by Gasteiger charge is 1.85. The summed E-state index contributed by atoms with van der Waals surface area (Å²) < 4.78 is 0.149. The molecule has 0 aromatic heterocycles. The highest BCUT2D eigenvalue weighted by atomic mass is 35.5. The van der Waals surface area contributed by atoms with Gasteiger partial charge in [0, 0.05) is 0 Å². The number of nitrogens with zero attached hydrogens (tertiary/aromatic N) is 1. The van der Waals surface area contributed by atoms with Crippen LogP contribution < -0.4 is 11.2 Å². The van der Waals surface area contributed by atoms with Crippen LogP contribution in [0.5, 0.6) is 0 Å². The van der Waals surface area contributed by atoms with Gasteiger partial charge in [-0.25, -0.2) is 10.2 Å². The second kappa shape index (κ2) is 6.51. The van der Waals surface area contributed by atoms with Crippen LogP contribution in [-0.2, 0) is 0 Å². The molecule has 0 heterocycles. The Morgan fingerprint density at radius 3 is 2.54 bits per heavy atom. The van der Waals surface area contributed by atoms with Gasteiger partial charge in [-0.3, -0.25) is 0 Å². The number of carbonyl (C=O) groups is 1. The quantitative estimate of drug-likeness (QED) is 0.427. The Morgan fingerprint density at radius 2 is 2.08 bits per heavy atom. The second-order valence-electron chi connectivity index (χ2n) is 2.10. The summed E-state index contributed by atoms with van der Waals surface area (Å²) in [6.45, 7) is 1.76. The summed E-state index contributed by atoms with van der Waals surface area (Å²) >= 11 is 10.7. The van der Waals surface area contributed by atoms with Crippen LogP contribution in [0.1, 0.15) is 6.92 Å². The number of halogens is 2.